The zero-order valence-corrected chi connectivity index (χ0v) is 13.0. The minimum atomic E-state index is -0.0124. The summed E-state index contributed by atoms with van der Waals surface area (Å²) < 4.78 is 2.15. The highest BCUT2D eigenvalue weighted by Crippen LogP contribution is 2.19. The van der Waals surface area contributed by atoms with E-state index in [1.54, 1.807) is 0 Å². The van der Waals surface area contributed by atoms with Gasteiger partial charge in [-0.2, -0.15) is 0 Å². The fourth-order valence-electron chi connectivity index (χ4n) is 2.90. The first-order valence-corrected chi connectivity index (χ1v) is 7.94. The Morgan fingerprint density at radius 2 is 1.86 bits per heavy atom. The number of imidazole rings is 1. The summed E-state index contributed by atoms with van der Waals surface area (Å²) in [6.45, 7) is 3.01. The van der Waals surface area contributed by atoms with Gasteiger partial charge in [-0.05, 0) is 42.5 Å². The average molecular weight is 294 g/mol. The second kappa shape index (κ2) is 6.75. The lowest BCUT2D eigenvalue weighted by Gasteiger charge is -2.08. The van der Waals surface area contributed by atoms with E-state index in [1.807, 2.05) is 6.07 Å². The number of fused-ring (bicyclic) bond motifs is 1. The smallest absolute Gasteiger partial charge is 0.135 e. The lowest BCUT2D eigenvalue weighted by molar-refractivity contribution is 0.265. The van der Waals surface area contributed by atoms with Gasteiger partial charge in [-0.25, -0.2) is 4.98 Å². The number of nitrogens with zero attached hydrogens (tertiary/aromatic N) is 2. The number of aliphatic hydroxyl groups excluding tert-OH is 1. The van der Waals surface area contributed by atoms with Crippen LogP contribution in [-0.4, -0.2) is 14.7 Å². The maximum absolute atomic E-state index is 9.58. The summed E-state index contributed by atoms with van der Waals surface area (Å²) in [5.74, 6) is 0.760. The van der Waals surface area contributed by atoms with Crippen molar-refractivity contribution in [2.75, 3.05) is 0 Å². The summed E-state index contributed by atoms with van der Waals surface area (Å²) in [5.41, 5.74) is 4.74. The summed E-state index contributed by atoms with van der Waals surface area (Å²) in [4.78, 5) is 4.58. The maximum atomic E-state index is 9.58. The quantitative estimate of drug-likeness (QED) is 0.752. The van der Waals surface area contributed by atoms with E-state index in [0.29, 0.717) is 0 Å². The standard InChI is InChI=1S/C19H22N2O/c1-2-15-10-11-18-17(13-15)20-19(14-22)21(18)12-6-9-16-7-4-3-5-8-16/h3-5,7-8,10-11,13,22H,2,6,9,12,14H2,1H3. The minimum absolute atomic E-state index is 0.0124. The van der Waals surface area contributed by atoms with Crippen molar-refractivity contribution in [3.05, 3.63) is 65.5 Å². The van der Waals surface area contributed by atoms with E-state index in [2.05, 4.69) is 58.9 Å². The Kier molecular flexibility index (Phi) is 4.54. The van der Waals surface area contributed by atoms with Crippen molar-refractivity contribution >= 4 is 11.0 Å². The minimum Gasteiger partial charge on any atom is -0.388 e. The Labute approximate surface area is 131 Å². The van der Waals surface area contributed by atoms with E-state index >= 15 is 0 Å². The topological polar surface area (TPSA) is 38.1 Å². The fourth-order valence-corrected chi connectivity index (χ4v) is 2.90. The molecule has 3 aromatic rings. The molecular weight excluding hydrogens is 272 g/mol. The average Bonchev–Trinajstić information content (AvgIpc) is 2.93. The highest BCUT2D eigenvalue weighted by Gasteiger charge is 2.10. The first-order chi connectivity index (χ1) is 10.8. The van der Waals surface area contributed by atoms with Crippen LogP contribution in [0.1, 0.15) is 30.3 Å². The van der Waals surface area contributed by atoms with Crippen molar-refractivity contribution < 1.29 is 5.11 Å². The Morgan fingerprint density at radius 3 is 2.59 bits per heavy atom. The molecule has 0 unspecified atom stereocenters. The molecule has 0 amide bonds. The van der Waals surface area contributed by atoms with Gasteiger partial charge in [0.05, 0.1) is 11.0 Å². The lowest BCUT2D eigenvalue weighted by atomic mass is 10.1. The molecule has 0 spiro atoms. The predicted octanol–water partition coefficient (Wildman–Crippen LogP) is 3.72. The molecule has 0 saturated carbocycles. The van der Waals surface area contributed by atoms with E-state index in [1.165, 1.54) is 11.1 Å². The van der Waals surface area contributed by atoms with Crippen molar-refractivity contribution in [1.82, 2.24) is 9.55 Å². The Balaban J connectivity index is 1.80. The third kappa shape index (κ3) is 3.04. The largest absolute Gasteiger partial charge is 0.388 e. The Morgan fingerprint density at radius 1 is 1.05 bits per heavy atom. The molecule has 1 N–H and O–H groups in total. The molecule has 0 atom stereocenters. The normalized spacial score (nSPS) is 11.2. The van der Waals surface area contributed by atoms with Gasteiger partial charge in [-0.15, -0.1) is 0 Å². The van der Waals surface area contributed by atoms with Crippen LogP contribution in [0.3, 0.4) is 0 Å². The number of aromatic nitrogens is 2. The third-order valence-electron chi connectivity index (χ3n) is 4.13. The summed E-state index contributed by atoms with van der Waals surface area (Å²) in [7, 11) is 0. The maximum Gasteiger partial charge on any atom is 0.135 e. The van der Waals surface area contributed by atoms with Crippen molar-refractivity contribution in [3.63, 3.8) is 0 Å². The number of aryl methyl sites for hydroxylation is 3. The molecule has 114 valence electrons. The van der Waals surface area contributed by atoms with Crippen LogP contribution >= 0.6 is 0 Å². The van der Waals surface area contributed by atoms with Crippen LogP contribution in [0.5, 0.6) is 0 Å². The second-order valence-corrected chi connectivity index (χ2v) is 5.60. The first kappa shape index (κ1) is 14.8. The molecular formula is C19H22N2O. The van der Waals surface area contributed by atoms with Crippen LogP contribution in [0.4, 0.5) is 0 Å². The van der Waals surface area contributed by atoms with Crippen LogP contribution in [0.2, 0.25) is 0 Å². The molecule has 2 aromatic carbocycles. The van der Waals surface area contributed by atoms with Gasteiger partial charge in [0.2, 0.25) is 0 Å². The van der Waals surface area contributed by atoms with Gasteiger partial charge in [0.15, 0.2) is 0 Å². The Hall–Kier alpha value is -2.13. The van der Waals surface area contributed by atoms with Crippen molar-refractivity contribution in [3.8, 4) is 0 Å². The van der Waals surface area contributed by atoms with Crippen molar-refractivity contribution in [1.29, 1.82) is 0 Å². The molecule has 1 aromatic heterocycles. The van der Waals surface area contributed by atoms with E-state index in [9.17, 15) is 5.11 Å². The monoisotopic (exact) mass is 294 g/mol. The number of hydrogen-bond acceptors (Lipinski definition) is 2. The third-order valence-corrected chi connectivity index (χ3v) is 4.13. The van der Waals surface area contributed by atoms with Crippen LogP contribution in [0, 0.1) is 0 Å². The van der Waals surface area contributed by atoms with Gasteiger partial charge < -0.3 is 9.67 Å². The van der Waals surface area contributed by atoms with Gasteiger partial charge in [0.25, 0.3) is 0 Å². The van der Waals surface area contributed by atoms with Gasteiger partial charge in [0.1, 0.15) is 12.4 Å². The summed E-state index contributed by atoms with van der Waals surface area (Å²) >= 11 is 0. The Bertz CT molecular complexity index is 747. The molecule has 22 heavy (non-hydrogen) atoms. The van der Waals surface area contributed by atoms with E-state index in [4.69, 9.17) is 0 Å². The van der Waals surface area contributed by atoms with Crippen molar-refractivity contribution in [2.24, 2.45) is 0 Å². The second-order valence-electron chi connectivity index (χ2n) is 5.60. The highest BCUT2D eigenvalue weighted by atomic mass is 16.3. The molecule has 0 aliphatic carbocycles. The van der Waals surface area contributed by atoms with Crippen molar-refractivity contribution in [2.45, 2.75) is 39.3 Å². The molecule has 0 radical (unpaired) electrons. The van der Waals surface area contributed by atoms with Gasteiger partial charge in [0, 0.05) is 6.54 Å². The summed E-state index contributed by atoms with van der Waals surface area (Å²) in [6, 6.07) is 16.9. The van der Waals surface area contributed by atoms with Crippen LogP contribution in [-0.2, 0) is 26.0 Å². The fraction of sp³-hybridized carbons (Fsp3) is 0.316. The molecule has 0 aliphatic rings. The van der Waals surface area contributed by atoms with Gasteiger partial charge in [-0.3, -0.25) is 0 Å². The predicted molar refractivity (Wildman–Crippen MR) is 89.8 cm³/mol. The molecule has 0 fully saturated rings. The molecule has 1 heterocycles. The van der Waals surface area contributed by atoms with Crippen LogP contribution in [0.25, 0.3) is 11.0 Å². The highest BCUT2D eigenvalue weighted by molar-refractivity contribution is 5.77. The molecule has 3 heteroatoms. The van der Waals surface area contributed by atoms with Gasteiger partial charge in [-0.1, -0.05) is 43.3 Å². The number of rotatable bonds is 6. The SMILES string of the molecule is CCc1ccc2c(c1)nc(CO)n2CCCc1ccccc1. The number of benzene rings is 2. The van der Waals surface area contributed by atoms with Crippen LogP contribution in [0.15, 0.2) is 48.5 Å². The van der Waals surface area contributed by atoms with E-state index in [-0.39, 0.29) is 6.61 Å². The van der Waals surface area contributed by atoms with E-state index in [0.717, 1.165) is 42.7 Å². The lowest BCUT2D eigenvalue weighted by Crippen LogP contribution is -2.05. The number of hydrogen-bond donors (Lipinski definition) is 1. The van der Waals surface area contributed by atoms with Gasteiger partial charge >= 0.3 is 0 Å². The zero-order chi connectivity index (χ0) is 15.4. The molecule has 3 rings (SSSR count). The number of aliphatic hydroxyl groups is 1. The first-order valence-electron chi connectivity index (χ1n) is 7.94. The van der Waals surface area contributed by atoms with Crippen LogP contribution < -0.4 is 0 Å². The van der Waals surface area contributed by atoms with E-state index < -0.39 is 0 Å². The molecule has 0 aliphatic heterocycles. The molecule has 0 saturated heterocycles. The molecule has 3 nitrogen and oxygen atoms in total. The zero-order valence-electron chi connectivity index (χ0n) is 13.0. The summed E-state index contributed by atoms with van der Waals surface area (Å²) in [6.07, 6.45) is 3.09. The summed E-state index contributed by atoms with van der Waals surface area (Å²) in [5, 5.41) is 9.58. The molecule has 0 bridgehead atoms.